The molecule has 0 aliphatic heterocycles. The van der Waals surface area contributed by atoms with E-state index in [1.807, 2.05) is 30.3 Å². The number of aromatic hydroxyl groups is 3. The third-order valence-electron chi connectivity index (χ3n) is 7.24. The molecule has 1 heterocycles. The van der Waals surface area contributed by atoms with Crippen molar-refractivity contribution in [1.82, 2.24) is 4.57 Å². The molecule has 3 aromatic carbocycles. The minimum atomic E-state index is -0.841. The summed E-state index contributed by atoms with van der Waals surface area (Å²) in [6, 6.07) is 20.8. The highest BCUT2D eigenvalue weighted by atomic mass is 16.5. The van der Waals surface area contributed by atoms with E-state index in [4.69, 9.17) is 14.2 Å². The molecular weight excluding hydrogens is 538 g/mol. The molecule has 0 radical (unpaired) electrons. The molecule has 4 aromatic rings. The molecule has 1 aromatic heterocycles. The maximum absolute atomic E-state index is 13.9. The third kappa shape index (κ3) is 7.04. The molecule has 0 bridgehead atoms. The summed E-state index contributed by atoms with van der Waals surface area (Å²) in [5, 5.41) is 30.5. The van der Waals surface area contributed by atoms with E-state index >= 15 is 0 Å². The number of carbonyl (C=O) groups excluding carboxylic acids is 1. The van der Waals surface area contributed by atoms with Crippen LogP contribution < -0.4 is 15.0 Å². The highest BCUT2D eigenvalue weighted by Gasteiger charge is 2.29. The van der Waals surface area contributed by atoms with Crippen molar-refractivity contribution < 1.29 is 34.3 Å². The number of phenols is 2. The van der Waals surface area contributed by atoms with Crippen molar-refractivity contribution in [1.29, 1.82) is 0 Å². The molecule has 220 valence electrons. The van der Waals surface area contributed by atoms with Gasteiger partial charge in [-0.25, -0.2) is 0 Å². The number of benzene rings is 3. The summed E-state index contributed by atoms with van der Waals surface area (Å²) in [6.07, 6.45) is 0.813. The summed E-state index contributed by atoms with van der Waals surface area (Å²) in [7, 11) is 2.89. The first-order valence-electron chi connectivity index (χ1n) is 13.6. The number of hydrogen-bond acceptors (Lipinski definition) is 8. The van der Waals surface area contributed by atoms with Crippen LogP contribution in [0.2, 0.25) is 0 Å². The summed E-state index contributed by atoms with van der Waals surface area (Å²) < 4.78 is 17.9. The van der Waals surface area contributed by atoms with Gasteiger partial charge in [0.1, 0.15) is 17.2 Å². The first-order valence-corrected chi connectivity index (χ1v) is 13.6. The average molecular weight is 574 g/mol. The van der Waals surface area contributed by atoms with E-state index in [0.717, 1.165) is 11.3 Å². The Kier molecular flexibility index (Phi) is 9.75. The molecule has 0 saturated carbocycles. The van der Waals surface area contributed by atoms with E-state index in [2.05, 4.69) is 0 Å². The van der Waals surface area contributed by atoms with Gasteiger partial charge in [-0.1, -0.05) is 36.4 Å². The molecule has 0 amide bonds. The van der Waals surface area contributed by atoms with Crippen molar-refractivity contribution in [3.05, 3.63) is 111 Å². The SMILES string of the molecule is COC(=O)CC(c1ccccc1OCCc1ccc(OC)cc1)c1c(O)cc(C)n(CCc2ccc(O)c(O)c2)c1=O. The summed E-state index contributed by atoms with van der Waals surface area (Å²) in [6.45, 7) is 2.30. The average Bonchev–Trinajstić information content (AvgIpc) is 2.98. The summed E-state index contributed by atoms with van der Waals surface area (Å²) in [5.41, 5.74) is 2.49. The zero-order chi connectivity index (χ0) is 30.2. The van der Waals surface area contributed by atoms with Gasteiger partial charge in [-0.05, 0) is 60.9 Å². The second-order valence-electron chi connectivity index (χ2n) is 9.93. The fourth-order valence-electron chi connectivity index (χ4n) is 4.93. The Morgan fingerprint density at radius 3 is 2.26 bits per heavy atom. The zero-order valence-corrected chi connectivity index (χ0v) is 23.9. The number of rotatable bonds is 12. The lowest BCUT2D eigenvalue weighted by Gasteiger charge is -2.22. The topological polar surface area (TPSA) is 127 Å². The van der Waals surface area contributed by atoms with Crippen molar-refractivity contribution in [3.8, 4) is 28.7 Å². The fourth-order valence-corrected chi connectivity index (χ4v) is 4.93. The van der Waals surface area contributed by atoms with Gasteiger partial charge in [0.2, 0.25) is 0 Å². The number of aryl methyl sites for hydroxylation is 2. The van der Waals surface area contributed by atoms with Crippen LogP contribution in [-0.4, -0.2) is 46.7 Å². The number of phenolic OH excluding ortho intramolecular Hbond substituents is 2. The number of hydrogen-bond donors (Lipinski definition) is 3. The molecular formula is C33H35NO8. The molecule has 3 N–H and O–H groups in total. The van der Waals surface area contributed by atoms with Gasteiger partial charge in [0.05, 0.1) is 32.8 Å². The zero-order valence-electron chi connectivity index (χ0n) is 23.9. The van der Waals surface area contributed by atoms with Gasteiger partial charge in [-0.15, -0.1) is 0 Å². The number of para-hydroxylation sites is 1. The monoisotopic (exact) mass is 573 g/mol. The fraction of sp³-hybridized carbons (Fsp3) is 0.273. The van der Waals surface area contributed by atoms with Gasteiger partial charge in [0, 0.05) is 30.1 Å². The molecule has 0 fully saturated rings. The largest absolute Gasteiger partial charge is 0.507 e. The van der Waals surface area contributed by atoms with E-state index in [1.165, 1.54) is 29.9 Å². The van der Waals surface area contributed by atoms with Crippen LogP contribution in [0.1, 0.15) is 40.3 Å². The van der Waals surface area contributed by atoms with Gasteiger partial charge in [-0.2, -0.15) is 0 Å². The third-order valence-corrected chi connectivity index (χ3v) is 7.24. The number of methoxy groups -OCH3 is 2. The van der Waals surface area contributed by atoms with Crippen LogP contribution in [-0.2, 0) is 28.9 Å². The number of pyridine rings is 1. The van der Waals surface area contributed by atoms with Crippen LogP contribution in [0.4, 0.5) is 0 Å². The summed E-state index contributed by atoms with van der Waals surface area (Å²) in [5.74, 6) is -0.826. The quantitative estimate of drug-likeness (QED) is 0.162. The number of aromatic nitrogens is 1. The lowest BCUT2D eigenvalue weighted by molar-refractivity contribution is -0.140. The van der Waals surface area contributed by atoms with E-state index in [9.17, 15) is 24.9 Å². The summed E-state index contributed by atoms with van der Waals surface area (Å²) in [4.78, 5) is 26.5. The molecule has 42 heavy (non-hydrogen) atoms. The molecule has 9 heteroatoms. The minimum absolute atomic E-state index is 0.0609. The standard InChI is InChI=1S/C33H35NO8/c1-21-18-29(37)32(33(39)34(21)16-14-23-10-13-27(35)28(36)19-23)26(20-31(38)41-3)25-6-4-5-7-30(25)42-17-15-22-8-11-24(40-2)12-9-22/h4-13,18-19,26,35-37H,14-17,20H2,1-3H3. The van der Waals surface area contributed by atoms with Crippen molar-refractivity contribution >= 4 is 5.97 Å². The number of esters is 1. The highest BCUT2D eigenvalue weighted by Crippen LogP contribution is 2.37. The predicted octanol–water partition coefficient (Wildman–Crippen LogP) is 4.84. The Balaban J connectivity index is 1.66. The first kappa shape index (κ1) is 30.0. The second-order valence-corrected chi connectivity index (χ2v) is 9.93. The molecule has 0 saturated heterocycles. The molecule has 0 spiro atoms. The minimum Gasteiger partial charge on any atom is -0.507 e. The van der Waals surface area contributed by atoms with E-state index in [1.54, 1.807) is 38.3 Å². The van der Waals surface area contributed by atoms with Gasteiger partial charge in [0.15, 0.2) is 11.5 Å². The maximum atomic E-state index is 13.9. The van der Waals surface area contributed by atoms with Crippen LogP contribution in [0, 0.1) is 6.92 Å². The Bertz CT molecular complexity index is 1590. The number of nitrogens with zero attached hydrogens (tertiary/aromatic N) is 1. The van der Waals surface area contributed by atoms with Crippen molar-refractivity contribution in [2.45, 2.75) is 38.6 Å². The Hall–Kier alpha value is -4.92. The Morgan fingerprint density at radius 1 is 0.857 bits per heavy atom. The highest BCUT2D eigenvalue weighted by molar-refractivity contribution is 5.72. The normalized spacial score (nSPS) is 11.6. The van der Waals surface area contributed by atoms with Gasteiger partial charge >= 0.3 is 5.97 Å². The van der Waals surface area contributed by atoms with E-state index in [0.29, 0.717) is 42.0 Å². The van der Waals surface area contributed by atoms with Crippen molar-refractivity contribution in [2.75, 3.05) is 20.8 Å². The van der Waals surface area contributed by atoms with E-state index in [-0.39, 0.29) is 35.8 Å². The van der Waals surface area contributed by atoms with Crippen molar-refractivity contribution in [2.24, 2.45) is 0 Å². The van der Waals surface area contributed by atoms with Crippen LogP contribution in [0.3, 0.4) is 0 Å². The Labute approximate surface area is 244 Å². The van der Waals surface area contributed by atoms with E-state index < -0.39 is 17.4 Å². The lowest BCUT2D eigenvalue weighted by atomic mass is 9.87. The van der Waals surface area contributed by atoms with Gasteiger partial charge in [-0.3, -0.25) is 9.59 Å². The molecule has 1 unspecified atom stereocenters. The van der Waals surface area contributed by atoms with Crippen LogP contribution >= 0.6 is 0 Å². The summed E-state index contributed by atoms with van der Waals surface area (Å²) >= 11 is 0. The number of carbonyl (C=O) groups is 1. The predicted molar refractivity (Wildman–Crippen MR) is 158 cm³/mol. The molecule has 0 aliphatic rings. The van der Waals surface area contributed by atoms with Crippen LogP contribution in [0.15, 0.2) is 77.6 Å². The van der Waals surface area contributed by atoms with Crippen molar-refractivity contribution in [3.63, 3.8) is 0 Å². The first-order chi connectivity index (χ1) is 20.2. The molecule has 4 rings (SSSR count). The smallest absolute Gasteiger partial charge is 0.306 e. The lowest BCUT2D eigenvalue weighted by Crippen LogP contribution is -2.29. The number of ether oxygens (including phenoxy) is 3. The molecule has 0 aliphatic carbocycles. The second kappa shape index (κ2) is 13.6. The molecule has 1 atom stereocenters. The van der Waals surface area contributed by atoms with Crippen LogP contribution in [0.25, 0.3) is 0 Å². The van der Waals surface area contributed by atoms with Gasteiger partial charge in [0.25, 0.3) is 5.56 Å². The van der Waals surface area contributed by atoms with Crippen LogP contribution in [0.5, 0.6) is 28.7 Å². The molecule has 9 nitrogen and oxygen atoms in total. The maximum Gasteiger partial charge on any atom is 0.306 e. The van der Waals surface area contributed by atoms with Gasteiger partial charge < -0.3 is 34.1 Å². The Morgan fingerprint density at radius 2 is 1.57 bits per heavy atom.